The van der Waals surface area contributed by atoms with Gasteiger partial charge in [-0.1, -0.05) is 0 Å². The molecular weight excluding hydrogens is 271 g/mol. The molecule has 0 amide bonds. The predicted octanol–water partition coefficient (Wildman–Crippen LogP) is 3.04. The largest absolute Gasteiger partial charge is 0.454 e. The second-order valence-electron chi connectivity index (χ2n) is 4.50. The fourth-order valence-electron chi connectivity index (χ4n) is 1.64. The van der Waals surface area contributed by atoms with E-state index in [0.29, 0.717) is 18.0 Å². The van der Waals surface area contributed by atoms with Gasteiger partial charge in [0.05, 0.1) is 24.5 Å². The summed E-state index contributed by atoms with van der Waals surface area (Å²) in [6.45, 7) is 2.38. The minimum Gasteiger partial charge on any atom is -0.454 e. The zero-order chi connectivity index (χ0) is 14.8. The summed E-state index contributed by atoms with van der Waals surface area (Å²) in [5.41, 5.74) is 4.92. The molecule has 1 heterocycles. The average Bonchev–Trinajstić information content (AvgIpc) is 2.75. The first kappa shape index (κ1) is 14.4. The van der Waals surface area contributed by atoms with Crippen molar-refractivity contribution in [1.29, 1.82) is 0 Å². The summed E-state index contributed by atoms with van der Waals surface area (Å²) in [5.74, 6) is 0.767. The Bertz CT molecular complexity index is 561. The number of hydrogen-bond acceptors (Lipinski definition) is 3. The lowest BCUT2D eigenvalue weighted by Crippen LogP contribution is -2.22. The molecule has 0 fully saturated rings. The maximum Gasteiger partial charge on any atom is 0.416 e. The molecule has 0 aliphatic rings. The average molecular weight is 285 g/mol. The maximum absolute atomic E-state index is 12.4. The quantitative estimate of drug-likeness (QED) is 0.939. The summed E-state index contributed by atoms with van der Waals surface area (Å²) in [4.78, 5) is 0. The van der Waals surface area contributed by atoms with Gasteiger partial charge in [0.25, 0.3) is 0 Å². The van der Waals surface area contributed by atoms with Crippen LogP contribution in [0.4, 0.5) is 13.2 Å². The Balaban J connectivity index is 2.05. The highest BCUT2D eigenvalue weighted by atomic mass is 19.4. The van der Waals surface area contributed by atoms with Gasteiger partial charge in [0.1, 0.15) is 5.75 Å². The van der Waals surface area contributed by atoms with E-state index in [2.05, 4.69) is 5.10 Å². The molecule has 0 saturated carbocycles. The van der Waals surface area contributed by atoms with Crippen LogP contribution in [0.25, 0.3) is 0 Å². The zero-order valence-corrected chi connectivity index (χ0v) is 10.8. The van der Waals surface area contributed by atoms with Crippen molar-refractivity contribution in [1.82, 2.24) is 9.78 Å². The molecule has 0 spiro atoms. The molecule has 4 nitrogen and oxygen atoms in total. The van der Waals surface area contributed by atoms with Crippen LogP contribution in [-0.2, 0) is 12.7 Å². The summed E-state index contributed by atoms with van der Waals surface area (Å²) >= 11 is 0. The van der Waals surface area contributed by atoms with Crippen LogP contribution >= 0.6 is 0 Å². The molecule has 2 N–H and O–H groups in total. The van der Waals surface area contributed by atoms with Crippen molar-refractivity contribution >= 4 is 0 Å². The van der Waals surface area contributed by atoms with E-state index in [1.807, 2.05) is 6.92 Å². The Morgan fingerprint density at radius 3 is 2.45 bits per heavy atom. The maximum atomic E-state index is 12.4. The third-order valence-electron chi connectivity index (χ3n) is 2.50. The molecule has 1 unspecified atom stereocenters. The number of nitrogens with zero attached hydrogens (tertiary/aromatic N) is 2. The van der Waals surface area contributed by atoms with Gasteiger partial charge in [-0.25, -0.2) is 0 Å². The molecule has 2 aromatic rings. The highest BCUT2D eigenvalue weighted by Gasteiger charge is 2.30. The van der Waals surface area contributed by atoms with Crippen LogP contribution in [0.15, 0.2) is 36.7 Å². The predicted molar refractivity (Wildman–Crippen MR) is 67.4 cm³/mol. The molecule has 0 radical (unpaired) electrons. The lowest BCUT2D eigenvalue weighted by Gasteiger charge is -2.07. The van der Waals surface area contributed by atoms with Gasteiger partial charge in [0.2, 0.25) is 0 Å². The van der Waals surface area contributed by atoms with E-state index in [4.69, 9.17) is 10.5 Å². The van der Waals surface area contributed by atoms with Gasteiger partial charge in [0, 0.05) is 6.04 Å². The van der Waals surface area contributed by atoms with Crippen molar-refractivity contribution in [2.45, 2.75) is 25.7 Å². The molecule has 0 aliphatic heterocycles. The van der Waals surface area contributed by atoms with Gasteiger partial charge in [-0.15, -0.1) is 0 Å². The van der Waals surface area contributed by atoms with Crippen molar-refractivity contribution in [3.05, 3.63) is 42.2 Å². The Labute approximate surface area is 114 Å². The topological polar surface area (TPSA) is 53.1 Å². The summed E-state index contributed by atoms with van der Waals surface area (Å²) < 4.78 is 44.2. The lowest BCUT2D eigenvalue weighted by atomic mass is 10.2. The Kier molecular flexibility index (Phi) is 3.99. The van der Waals surface area contributed by atoms with Crippen LogP contribution in [0.2, 0.25) is 0 Å². The summed E-state index contributed by atoms with van der Waals surface area (Å²) in [6.07, 6.45) is -1.22. The second kappa shape index (κ2) is 5.54. The van der Waals surface area contributed by atoms with Crippen molar-refractivity contribution in [3.8, 4) is 11.5 Å². The van der Waals surface area contributed by atoms with Gasteiger partial charge >= 0.3 is 6.18 Å². The number of hydrogen-bond donors (Lipinski definition) is 1. The monoisotopic (exact) mass is 285 g/mol. The summed E-state index contributed by atoms with van der Waals surface area (Å²) in [7, 11) is 0. The summed E-state index contributed by atoms with van der Waals surface area (Å²) in [6, 6.07) is 4.44. The minimum atomic E-state index is -4.35. The molecule has 1 atom stereocenters. The molecule has 1 aromatic carbocycles. The van der Waals surface area contributed by atoms with Gasteiger partial charge in [-0.05, 0) is 31.2 Å². The third-order valence-corrected chi connectivity index (χ3v) is 2.50. The van der Waals surface area contributed by atoms with Crippen LogP contribution in [0.1, 0.15) is 12.5 Å². The zero-order valence-electron chi connectivity index (χ0n) is 10.8. The fourth-order valence-corrected chi connectivity index (χ4v) is 1.64. The molecule has 20 heavy (non-hydrogen) atoms. The molecular formula is C13H14F3N3O. The Hall–Kier alpha value is -2.02. The van der Waals surface area contributed by atoms with Crippen molar-refractivity contribution in [2.75, 3.05) is 0 Å². The SMILES string of the molecule is CC(N)Cn1cc(Oc2ccc(C(F)(F)F)cc2)cn1. The first-order chi connectivity index (χ1) is 9.34. The number of benzene rings is 1. The Morgan fingerprint density at radius 2 is 1.90 bits per heavy atom. The third kappa shape index (κ3) is 3.74. The standard InChI is InChI=1S/C13H14F3N3O/c1-9(17)7-19-8-12(6-18-19)20-11-4-2-10(3-5-11)13(14,15)16/h2-6,8-9H,7,17H2,1H3. The van der Waals surface area contributed by atoms with E-state index in [9.17, 15) is 13.2 Å². The van der Waals surface area contributed by atoms with Crippen molar-refractivity contribution < 1.29 is 17.9 Å². The van der Waals surface area contributed by atoms with Gasteiger partial charge in [-0.3, -0.25) is 4.68 Å². The molecule has 0 aliphatic carbocycles. The molecule has 1 aromatic heterocycles. The van der Waals surface area contributed by atoms with E-state index < -0.39 is 11.7 Å². The Morgan fingerprint density at radius 1 is 1.25 bits per heavy atom. The highest BCUT2D eigenvalue weighted by molar-refractivity contribution is 5.32. The molecule has 0 saturated heterocycles. The lowest BCUT2D eigenvalue weighted by molar-refractivity contribution is -0.137. The molecule has 7 heteroatoms. The number of rotatable bonds is 4. The van der Waals surface area contributed by atoms with Crippen molar-refractivity contribution in [3.63, 3.8) is 0 Å². The minimum absolute atomic E-state index is 0.0474. The smallest absolute Gasteiger partial charge is 0.416 e. The summed E-state index contributed by atoms with van der Waals surface area (Å²) in [5, 5.41) is 4.04. The fraction of sp³-hybridized carbons (Fsp3) is 0.308. The normalized spacial score (nSPS) is 13.2. The van der Waals surface area contributed by atoms with Crippen LogP contribution in [0.5, 0.6) is 11.5 Å². The molecule has 0 bridgehead atoms. The first-order valence-corrected chi connectivity index (χ1v) is 5.98. The second-order valence-corrected chi connectivity index (χ2v) is 4.50. The van der Waals surface area contributed by atoms with Crippen LogP contribution in [-0.4, -0.2) is 15.8 Å². The van der Waals surface area contributed by atoms with Crippen LogP contribution < -0.4 is 10.5 Å². The van der Waals surface area contributed by atoms with E-state index in [1.54, 1.807) is 10.9 Å². The number of alkyl halides is 3. The number of ether oxygens (including phenoxy) is 1. The van der Waals surface area contributed by atoms with E-state index in [-0.39, 0.29) is 6.04 Å². The van der Waals surface area contributed by atoms with E-state index in [0.717, 1.165) is 12.1 Å². The number of halogens is 3. The number of aromatic nitrogens is 2. The van der Waals surface area contributed by atoms with E-state index >= 15 is 0 Å². The van der Waals surface area contributed by atoms with Gasteiger partial charge in [-0.2, -0.15) is 18.3 Å². The molecule has 2 rings (SSSR count). The first-order valence-electron chi connectivity index (χ1n) is 5.98. The van der Waals surface area contributed by atoms with E-state index in [1.165, 1.54) is 18.3 Å². The highest BCUT2D eigenvalue weighted by Crippen LogP contribution is 2.31. The van der Waals surface area contributed by atoms with Gasteiger partial charge in [0.15, 0.2) is 5.75 Å². The van der Waals surface area contributed by atoms with Crippen molar-refractivity contribution in [2.24, 2.45) is 5.73 Å². The number of nitrogens with two attached hydrogens (primary N) is 1. The van der Waals surface area contributed by atoms with Crippen LogP contribution in [0, 0.1) is 0 Å². The molecule has 108 valence electrons. The van der Waals surface area contributed by atoms with Gasteiger partial charge < -0.3 is 10.5 Å². The van der Waals surface area contributed by atoms with Crippen LogP contribution in [0.3, 0.4) is 0 Å².